The van der Waals surface area contributed by atoms with Crippen LogP contribution in [-0.2, 0) is 30.8 Å². The molecule has 0 saturated carbocycles. The van der Waals surface area contributed by atoms with Gasteiger partial charge < -0.3 is 0 Å². The van der Waals surface area contributed by atoms with Crippen molar-refractivity contribution < 1.29 is 13.5 Å². The minimum atomic E-state index is -0.435. The molecule has 2 aliphatic rings. The summed E-state index contributed by atoms with van der Waals surface area (Å²) < 4.78 is 21.2. The zero-order valence-electron chi connectivity index (χ0n) is 29.7. The van der Waals surface area contributed by atoms with E-state index in [-0.39, 0.29) is 17.3 Å². The van der Waals surface area contributed by atoms with E-state index >= 15 is 4.39 Å². The van der Waals surface area contributed by atoms with Gasteiger partial charge in [-0.05, 0) is 84.9 Å². The van der Waals surface area contributed by atoms with Gasteiger partial charge in [-0.3, -0.25) is 0 Å². The summed E-state index contributed by atoms with van der Waals surface area (Å²) >= 11 is 0. The predicted octanol–water partition coefficient (Wildman–Crippen LogP) is 10.3. The molecule has 1 unspecified atom stereocenters. The Morgan fingerprint density at radius 1 is 0.830 bits per heavy atom. The van der Waals surface area contributed by atoms with E-state index in [1.165, 1.54) is 73.9 Å². The Labute approximate surface area is 281 Å². The summed E-state index contributed by atoms with van der Waals surface area (Å²) in [4.78, 5) is 0. The first kappa shape index (κ1) is 31.7. The van der Waals surface area contributed by atoms with Gasteiger partial charge in [0.05, 0.1) is 16.9 Å². The Balaban J connectivity index is 1.43. The Bertz CT molecular complexity index is 2030. The van der Waals surface area contributed by atoms with Crippen LogP contribution in [0.15, 0.2) is 73.1 Å². The van der Waals surface area contributed by atoms with Crippen LogP contribution in [0.3, 0.4) is 0 Å². The number of nitrogens with zero attached hydrogens (tertiary/aromatic N) is 2. The normalized spacial score (nSPS) is 16.9. The molecule has 0 bridgehead atoms. The third-order valence-electron chi connectivity index (χ3n) is 11.9. The van der Waals surface area contributed by atoms with Gasteiger partial charge >= 0.3 is 0 Å². The highest BCUT2D eigenvalue weighted by molar-refractivity contribution is 6.01. The maximum absolute atomic E-state index is 16.4. The third kappa shape index (κ3) is 4.79. The van der Waals surface area contributed by atoms with Gasteiger partial charge in [-0.15, -0.1) is 0 Å². The van der Waals surface area contributed by atoms with Crippen LogP contribution in [0.5, 0.6) is 0 Å². The Kier molecular flexibility index (Phi) is 7.89. The van der Waals surface area contributed by atoms with E-state index in [2.05, 4.69) is 132 Å². The highest BCUT2D eigenvalue weighted by atomic mass is 19.1. The summed E-state index contributed by atoms with van der Waals surface area (Å²) in [5, 5.41) is 2.62. The highest BCUT2D eigenvalue weighted by Gasteiger charge is 2.55. The van der Waals surface area contributed by atoms with Crippen molar-refractivity contribution >= 4 is 10.8 Å². The van der Waals surface area contributed by atoms with E-state index in [4.69, 9.17) is 0 Å². The Hall–Kier alpha value is -3.85. The number of rotatable bonds is 9. The fraction of sp³-hybridized carbons (Fsp3) is 0.409. The lowest BCUT2D eigenvalue weighted by atomic mass is 9.61. The molecule has 0 amide bonds. The maximum atomic E-state index is 16.4. The molecule has 3 heteroatoms. The molecular formula is C44H51FN2+2. The SMILES string of the molecule is CCCCc1cc2c3c4[n+](ccc3c1)C(CC)(CC)C(CCc1ccc(C)cc1-c1cc(C)cc[n+]1C)c1ccc(F)c(c1-4)C2(C)C. The summed E-state index contributed by atoms with van der Waals surface area (Å²) in [6.45, 7) is 15.8. The van der Waals surface area contributed by atoms with E-state index in [1.807, 2.05) is 0 Å². The van der Waals surface area contributed by atoms with E-state index in [0.29, 0.717) is 0 Å². The number of pyridine rings is 2. The molecule has 47 heavy (non-hydrogen) atoms. The molecule has 1 atom stereocenters. The lowest BCUT2D eigenvalue weighted by Crippen LogP contribution is -2.63. The number of benzene rings is 3. The van der Waals surface area contributed by atoms with E-state index in [0.717, 1.165) is 43.2 Å². The first-order valence-corrected chi connectivity index (χ1v) is 18.0. The standard InChI is InChI=1S/C44H51FN2/c1-9-12-13-30-26-32-21-23-47-42-39(32)36(27-30)43(6,7)41-37(45)19-17-33(40(41)42)35(44(47,10-2)11-3)18-16-31-15-14-28(4)24-34(31)38-25-29(5)20-22-46(38)8/h14-15,17,19-27,35H,9-13,16,18H2,1-8H3/q+2. The highest BCUT2D eigenvalue weighted by Crippen LogP contribution is 2.56. The molecule has 0 spiro atoms. The molecule has 3 heterocycles. The zero-order chi connectivity index (χ0) is 33.2. The van der Waals surface area contributed by atoms with Crippen LogP contribution < -0.4 is 9.13 Å². The zero-order valence-corrected chi connectivity index (χ0v) is 29.7. The lowest BCUT2D eigenvalue weighted by Gasteiger charge is -2.45. The Morgan fingerprint density at radius 3 is 2.34 bits per heavy atom. The summed E-state index contributed by atoms with van der Waals surface area (Å²) in [6, 6.07) is 22.5. The summed E-state index contributed by atoms with van der Waals surface area (Å²) in [5.74, 6) is 0.178. The van der Waals surface area contributed by atoms with Gasteiger partial charge in [0.2, 0.25) is 11.4 Å². The monoisotopic (exact) mass is 626 g/mol. The molecule has 2 nitrogen and oxygen atoms in total. The number of halogens is 1. The second-order valence-electron chi connectivity index (χ2n) is 15.0. The van der Waals surface area contributed by atoms with Crippen LogP contribution in [0.2, 0.25) is 0 Å². The van der Waals surface area contributed by atoms with Crippen molar-refractivity contribution in [1.82, 2.24) is 0 Å². The molecule has 0 N–H and O–H groups in total. The quantitative estimate of drug-likeness (QED) is 0.144. The van der Waals surface area contributed by atoms with Crippen molar-refractivity contribution in [2.45, 2.75) is 110 Å². The van der Waals surface area contributed by atoms with E-state index < -0.39 is 5.41 Å². The van der Waals surface area contributed by atoms with Gasteiger partial charge in [-0.25, -0.2) is 8.96 Å². The molecule has 7 rings (SSSR count). The van der Waals surface area contributed by atoms with Crippen LogP contribution in [-0.4, -0.2) is 0 Å². The average molecular weight is 627 g/mol. The molecule has 0 fully saturated rings. The van der Waals surface area contributed by atoms with Crippen LogP contribution in [0.1, 0.15) is 112 Å². The van der Waals surface area contributed by atoms with Gasteiger partial charge in [0, 0.05) is 47.6 Å². The molecule has 3 aromatic carbocycles. The van der Waals surface area contributed by atoms with Crippen LogP contribution in [0, 0.1) is 19.7 Å². The minimum Gasteiger partial charge on any atom is -0.207 e. The largest absolute Gasteiger partial charge is 0.221 e. The van der Waals surface area contributed by atoms with Gasteiger partial charge in [-0.1, -0.05) is 76.9 Å². The molecule has 1 aliphatic heterocycles. The molecular weight excluding hydrogens is 575 g/mol. The second-order valence-corrected chi connectivity index (χ2v) is 15.0. The van der Waals surface area contributed by atoms with Crippen molar-refractivity contribution in [1.29, 1.82) is 0 Å². The first-order valence-electron chi connectivity index (χ1n) is 18.0. The van der Waals surface area contributed by atoms with Crippen molar-refractivity contribution in [2.24, 2.45) is 7.05 Å². The molecule has 242 valence electrons. The number of hydrogen-bond donors (Lipinski definition) is 0. The molecule has 1 aliphatic carbocycles. The van der Waals surface area contributed by atoms with Crippen molar-refractivity contribution in [3.05, 3.63) is 118 Å². The van der Waals surface area contributed by atoms with Gasteiger partial charge in [0.25, 0.3) is 0 Å². The fourth-order valence-electron chi connectivity index (χ4n) is 9.35. The number of unbranched alkanes of at least 4 members (excludes halogenated alkanes) is 1. The summed E-state index contributed by atoms with van der Waals surface area (Å²) in [5.41, 5.74) is 13.2. The number of aryl methyl sites for hydroxylation is 5. The Morgan fingerprint density at radius 2 is 1.60 bits per heavy atom. The topological polar surface area (TPSA) is 7.76 Å². The van der Waals surface area contributed by atoms with Gasteiger partial charge in [0.15, 0.2) is 17.9 Å². The van der Waals surface area contributed by atoms with Crippen molar-refractivity contribution in [3.8, 4) is 22.5 Å². The molecule has 0 saturated heterocycles. The second kappa shape index (κ2) is 11.7. The van der Waals surface area contributed by atoms with Gasteiger partial charge in [0.1, 0.15) is 12.9 Å². The van der Waals surface area contributed by atoms with Crippen LogP contribution >= 0.6 is 0 Å². The van der Waals surface area contributed by atoms with Crippen molar-refractivity contribution in [2.75, 3.05) is 0 Å². The summed E-state index contributed by atoms with van der Waals surface area (Å²) in [7, 11) is 2.15. The fourth-order valence-corrected chi connectivity index (χ4v) is 9.35. The molecule has 5 aromatic rings. The van der Waals surface area contributed by atoms with Crippen LogP contribution in [0.25, 0.3) is 33.3 Å². The predicted molar refractivity (Wildman–Crippen MR) is 192 cm³/mol. The minimum absolute atomic E-state index is 0.0751. The summed E-state index contributed by atoms with van der Waals surface area (Å²) in [6.07, 6.45) is 11.9. The van der Waals surface area contributed by atoms with Crippen molar-refractivity contribution in [3.63, 3.8) is 0 Å². The third-order valence-corrected chi connectivity index (χ3v) is 11.9. The van der Waals surface area contributed by atoms with E-state index in [1.54, 1.807) is 6.07 Å². The average Bonchev–Trinajstić information content (AvgIpc) is 3.06. The van der Waals surface area contributed by atoms with Gasteiger partial charge in [-0.2, -0.15) is 4.57 Å². The number of aromatic nitrogens is 2. The smallest absolute Gasteiger partial charge is 0.207 e. The maximum Gasteiger partial charge on any atom is 0.221 e. The lowest BCUT2D eigenvalue weighted by molar-refractivity contribution is -0.762. The molecule has 0 radical (unpaired) electrons. The first-order chi connectivity index (χ1) is 22.5. The van der Waals surface area contributed by atoms with E-state index in [9.17, 15) is 0 Å². The molecule has 2 aromatic heterocycles. The van der Waals surface area contributed by atoms with Crippen LogP contribution in [0.4, 0.5) is 4.39 Å². The number of hydrogen-bond acceptors (Lipinski definition) is 0.